The first-order valence-corrected chi connectivity index (χ1v) is 10.4. The number of hydrogen-bond donors (Lipinski definition) is 3. The summed E-state index contributed by atoms with van der Waals surface area (Å²) in [5.74, 6) is -0.262. The number of nitrogens with zero attached hydrogens (tertiary/aromatic N) is 2. The van der Waals surface area contributed by atoms with Gasteiger partial charge in [-0.1, -0.05) is 38.1 Å². The number of benzene rings is 2. The number of carbonyl (C=O) groups excluding carboxylic acids is 1. The van der Waals surface area contributed by atoms with Gasteiger partial charge in [-0.3, -0.25) is 9.78 Å². The van der Waals surface area contributed by atoms with Crippen LogP contribution in [0.25, 0.3) is 11.3 Å². The number of nitriles is 1. The molecule has 0 bridgehead atoms. The molecule has 4 N–H and O–H groups in total. The lowest BCUT2D eigenvalue weighted by Gasteiger charge is -2.10. The molecule has 7 nitrogen and oxygen atoms in total. The molecule has 0 radical (unpaired) electrons. The minimum Gasteiger partial charge on any atom is -0.397 e. The number of anilines is 2. The van der Waals surface area contributed by atoms with E-state index in [9.17, 15) is 10.1 Å². The fourth-order valence-electron chi connectivity index (χ4n) is 3.10. The Hall–Kier alpha value is -3.73. The standard InChI is InChI=1S/C25H27N5O2/c1-17(2)28-11-12-32-16-18-13-21(14-26)24(29-15-18)19-7-9-20(10-8-19)25(31)30-23-6-4-3-5-22(23)27/h3-10,13,15,17,28H,11-12,16,27H2,1-2H3,(H,30,31). The first kappa shape index (κ1) is 22.9. The molecule has 1 heterocycles. The molecule has 3 aromatic rings. The van der Waals surface area contributed by atoms with E-state index in [2.05, 4.69) is 35.5 Å². The van der Waals surface area contributed by atoms with Crippen LogP contribution >= 0.6 is 0 Å². The van der Waals surface area contributed by atoms with Crippen LogP contribution in [-0.4, -0.2) is 30.1 Å². The molecule has 0 saturated carbocycles. The minimum atomic E-state index is -0.262. The molecule has 32 heavy (non-hydrogen) atoms. The normalized spacial score (nSPS) is 10.7. The van der Waals surface area contributed by atoms with Crippen molar-refractivity contribution in [3.05, 3.63) is 77.5 Å². The molecule has 2 aromatic carbocycles. The summed E-state index contributed by atoms with van der Waals surface area (Å²) in [6, 6.07) is 18.5. The van der Waals surface area contributed by atoms with Gasteiger partial charge in [-0.25, -0.2) is 0 Å². The Morgan fingerprint density at radius 1 is 1.19 bits per heavy atom. The number of pyridine rings is 1. The van der Waals surface area contributed by atoms with Gasteiger partial charge in [0.15, 0.2) is 0 Å². The predicted octanol–water partition coefficient (Wildman–Crippen LogP) is 3.97. The molecule has 0 aliphatic heterocycles. The van der Waals surface area contributed by atoms with Crippen molar-refractivity contribution in [1.29, 1.82) is 5.26 Å². The maximum Gasteiger partial charge on any atom is 0.255 e. The van der Waals surface area contributed by atoms with Crippen LogP contribution in [0.5, 0.6) is 0 Å². The highest BCUT2D eigenvalue weighted by atomic mass is 16.5. The average molecular weight is 430 g/mol. The van der Waals surface area contributed by atoms with Crippen LogP contribution in [-0.2, 0) is 11.3 Å². The van der Waals surface area contributed by atoms with Crippen LogP contribution in [0, 0.1) is 11.3 Å². The van der Waals surface area contributed by atoms with Crippen LogP contribution in [0.4, 0.5) is 11.4 Å². The third-order valence-electron chi connectivity index (χ3n) is 4.76. The second kappa shape index (κ2) is 11.0. The van der Waals surface area contributed by atoms with Crippen LogP contribution < -0.4 is 16.4 Å². The van der Waals surface area contributed by atoms with Gasteiger partial charge >= 0.3 is 0 Å². The number of amides is 1. The van der Waals surface area contributed by atoms with Crippen molar-refractivity contribution in [2.45, 2.75) is 26.5 Å². The van der Waals surface area contributed by atoms with Gasteiger partial charge in [0.1, 0.15) is 6.07 Å². The van der Waals surface area contributed by atoms with E-state index in [1.54, 1.807) is 60.8 Å². The van der Waals surface area contributed by atoms with Gasteiger partial charge in [-0.15, -0.1) is 0 Å². The number of ether oxygens (including phenoxy) is 1. The van der Waals surface area contributed by atoms with E-state index in [-0.39, 0.29) is 5.91 Å². The van der Waals surface area contributed by atoms with Gasteiger partial charge in [0.25, 0.3) is 5.91 Å². The van der Waals surface area contributed by atoms with Crippen molar-refractivity contribution < 1.29 is 9.53 Å². The quantitative estimate of drug-likeness (QED) is 0.350. The summed E-state index contributed by atoms with van der Waals surface area (Å²) < 4.78 is 5.65. The van der Waals surface area contributed by atoms with E-state index in [0.717, 1.165) is 17.7 Å². The number of nitrogens with two attached hydrogens (primary N) is 1. The van der Waals surface area contributed by atoms with E-state index >= 15 is 0 Å². The summed E-state index contributed by atoms with van der Waals surface area (Å²) in [5, 5.41) is 15.7. The lowest BCUT2D eigenvalue weighted by molar-refractivity contribution is 0.102. The molecular formula is C25H27N5O2. The summed E-state index contributed by atoms with van der Waals surface area (Å²) in [6.45, 7) is 5.91. The summed E-state index contributed by atoms with van der Waals surface area (Å²) in [5.41, 5.74) is 10.0. The number of carbonyl (C=O) groups is 1. The average Bonchev–Trinajstić information content (AvgIpc) is 2.80. The number of para-hydroxylation sites is 2. The molecule has 0 aliphatic carbocycles. The minimum absolute atomic E-state index is 0.262. The highest BCUT2D eigenvalue weighted by molar-refractivity contribution is 6.05. The lowest BCUT2D eigenvalue weighted by Crippen LogP contribution is -2.26. The van der Waals surface area contributed by atoms with Gasteiger partial charge in [0.2, 0.25) is 0 Å². The Labute approximate surface area is 188 Å². The van der Waals surface area contributed by atoms with Crippen LogP contribution in [0.15, 0.2) is 60.8 Å². The van der Waals surface area contributed by atoms with Crippen molar-refractivity contribution in [2.75, 3.05) is 24.2 Å². The Kier molecular flexibility index (Phi) is 7.92. The van der Waals surface area contributed by atoms with Crippen molar-refractivity contribution in [3.8, 4) is 17.3 Å². The molecule has 0 atom stereocenters. The molecule has 0 unspecified atom stereocenters. The summed E-state index contributed by atoms with van der Waals surface area (Å²) in [4.78, 5) is 17.0. The molecular weight excluding hydrogens is 402 g/mol. The van der Waals surface area contributed by atoms with E-state index < -0.39 is 0 Å². The molecule has 0 spiro atoms. The first-order chi connectivity index (χ1) is 15.5. The zero-order valence-electron chi connectivity index (χ0n) is 18.3. The van der Waals surface area contributed by atoms with Crippen molar-refractivity contribution >= 4 is 17.3 Å². The zero-order valence-corrected chi connectivity index (χ0v) is 18.3. The fraction of sp³-hybridized carbons (Fsp3) is 0.240. The topological polar surface area (TPSA) is 113 Å². The Balaban J connectivity index is 1.66. The first-order valence-electron chi connectivity index (χ1n) is 10.4. The molecule has 0 saturated heterocycles. The lowest BCUT2D eigenvalue weighted by atomic mass is 10.0. The number of nitrogen functional groups attached to an aromatic ring is 1. The predicted molar refractivity (Wildman–Crippen MR) is 126 cm³/mol. The zero-order chi connectivity index (χ0) is 22.9. The van der Waals surface area contributed by atoms with Crippen molar-refractivity contribution in [3.63, 3.8) is 0 Å². The number of hydrogen-bond acceptors (Lipinski definition) is 6. The Bertz CT molecular complexity index is 1100. The van der Waals surface area contributed by atoms with E-state index in [1.807, 2.05) is 0 Å². The summed E-state index contributed by atoms with van der Waals surface area (Å²) in [6.07, 6.45) is 1.71. The molecule has 164 valence electrons. The van der Waals surface area contributed by atoms with E-state index in [1.165, 1.54) is 0 Å². The molecule has 0 fully saturated rings. The second-order valence-corrected chi connectivity index (χ2v) is 7.63. The number of nitrogens with one attached hydrogen (secondary N) is 2. The van der Waals surface area contributed by atoms with Gasteiger partial charge in [-0.2, -0.15) is 5.26 Å². The monoisotopic (exact) mass is 429 g/mol. The number of rotatable bonds is 9. The second-order valence-electron chi connectivity index (χ2n) is 7.63. The van der Waals surface area contributed by atoms with Crippen molar-refractivity contribution in [1.82, 2.24) is 10.3 Å². The third kappa shape index (κ3) is 6.14. The fourth-order valence-corrected chi connectivity index (χ4v) is 3.10. The molecule has 3 rings (SSSR count). The van der Waals surface area contributed by atoms with E-state index in [0.29, 0.717) is 47.5 Å². The third-order valence-corrected chi connectivity index (χ3v) is 4.76. The highest BCUT2D eigenvalue weighted by Crippen LogP contribution is 2.23. The maximum atomic E-state index is 12.5. The molecule has 1 aromatic heterocycles. The summed E-state index contributed by atoms with van der Waals surface area (Å²) >= 11 is 0. The van der Waals surface area contributed by atoms with Crippen LogP contribution in [0.2, 0.25) is 0 Å². The van der Waals surface area contributed by atoms with Gasteiger partial charge in [0.05, 0.1) is 35.8 Å². The molecule has 1 amide bonds. The van der Waals surface area contributed by atoms with Crippen LogP contribution in [0.3, 0.4) is 0 Å². The maximum absolute atomic E-state index is 12.5. The SMILES string of the molecule is CC(C)NCCOCc1cnc(-c2ccc(C(=O)Nc3ccccc3N)cc2)c(C#N)c1. The largest absolute Gasteiger partial charge is 0.397 e. The Morgan fingerprint density at radius 2 is 1.94 bits per heavy atom. The van der Waals surface area contributed by atoms with Gasteiger partial charge in [0, 0.05) is 29.9 Å². The van der Waals surface area contributed by atoms with Gasteiger partial charge < -0.3 is 21.1 Å². The Morgan fingerprint density at radius 3 is 2.62 bits per heavy atom. The molecule has 0 aliphatic rings. The number of aromatic nitrogens is 1. The highest BCUT2D eigenvalue weighted by Gasteiger charge is 2.11. The van der Waals surface area contributed by atoms with Gasteiger partial charge in [-0.05, 0) is 35.9 Å². The van der Waals surface area contributed by atoms with E-state index in [4.69, 9.17) is 10.5 Å². The van der Waals surface area contributed by atoms with Crippen molar-refractivity contribution in [2.24, 2.45) is 0 Å². The summed E-state index contributed by atoms with van der Waals surface area (Å²) in [7, 11) is 0. The van der Waals surface area contributed by atoms with Crippen LogP contribution in [0.1, 0.15) is 35.3 Å². The molecule has 7 heteroatoms. The smallest absolute Gasteiger partial charge is 0.255 e.